The molecule has 0 bridgehead atoms. The van der Waals surface area contributed by atoms with Crippen LogP contribution in [-0.2, 0) is 0 Å². The molecule has 0 aliphatic rings. The van der Waals surface area contributed by atoms with E-state index in [9.17, 15) is 14.0 Å². The zero-order valence-corrected chi connectivity index (χ0v) is 11.9. The SMILES string of the molecule is COc1ccc(-c2cc(C)c3[nH]c(=O)[nH]c(=O)c3n2)cc1F. The van der Waals surface area contributed by atoms with Crippen LogP contribution in [0.1, 0.15) is 5.56 Å². The number of aromatic nitrogens is 3. The molecule has 1 aromatic carbocycles. The number of nitrogens with one attached hydrogen (secondary N) is 2. The molecule has 7 heteroatoms. The van der Waals surface area contributed by atoms with E-state index in [2.05, 4.69) is 15.0 Å². The van der Waals surface area contributed by atoms with Gasteiger partial charge in [-0.3, -0.25) is 9.78 Å². The van der Waals surface area contributed by atoms with Crippen molar-refractivity contribution >= 4 is 11.0 Å². The molecule has 3 aromatic rings. The molecule has 0 amide bonds. The Labute approximate surface area is 123 Å². The standard InChI is InChI=1S/C15H12FN3O3/c1-7-5-10(8-3-4-11(22-2)9(16)6-8)17-13-12(7)18-15(21)19-14(13)20/h3-6H,1-2H3,(H2,18,19,20,21). The minimum absolute atomic E-state index is 0.103. The van der Waals surface area contributed by atoms with E-state index in [1.54, 1.807) is 19.1 Å². The van der Waals surface area contributed by atoms with Crippen molar-refractivity contribution in [3.8, 4) is 17.0 Å². The van der Waals surface area contributed by atoms with Crippen LogP contribution < -0.4 is 16.0 Å². The van der Waals surface area contributed by atoms with Crippen molar-refractivity contribution in [1.82, 2.24) is 15.0 Å². The third-order valence-corrected chi connectivity index (χ3v) is 3.34. The van der Waals surface area contributed by atoms with Crippen LogP contribution >= 0.6 is 0 Å². The van der Waals surface area contributed by atoms with E-state index >= 15 is 0 Å². The summed E-state index contributed by atoms with van der Waals surface area (Å²) in [5.74, 6) is -0.390. The molecule has 6 nitrogen and oxygen atoms in total. The Kier molecular flexibility index (Phi) is 3.25. The lowest BCUT2D eigenvalue weighted by Gasteiger charge is -2.07. The molecule has 2 heterocycles. The van der Waals surface area contributed by atoms with Gasteiger partial charge in [-0.1, -0.05) is 0 Å². The van der Waals surface area contributed by atoms with Crippen LogP contribution in [0.4, 0.5) is 4.39 Å². The van der Waals surface area contributed by atoms with Gasteiger partial charge in [0.1, 0.15) is 0 Å². The Morgan fingerprint density at radius 1 is 1.18 bits per heavy atom. The van der Waals surface area contributed by atoms with Crippen LogP contribution in [0, 0.1) is 12.7 Å². The van der Waals surface area contributed by atoms with E-state index in [0.29, 0.717) is 22.3 Å². The molecule has 112 valence electrons. The largest absolute Gasteiger partial charge is 0.494 e. The molecule has 2 aromatic heterocycles. The third kappa shape index (κ3) is 2.26. The summed E-state index contributed by atoms with van der Waals surface area (Å²) in [5, 5.41) is 0. The first-order valence-electron chi connectivity index (χ1n) is 6.47. The normalized spacial score (nSPS) is 10.9. The molecule has 0 saturated carbocycles. The summed E-state index contributed by atoms with van der Waals surface area (Å²) in [6, 6.07) is 6.10. The van der Waals surface area contributed by atoms with Crippen LogP contribution in [-0.4, -0.2) is 22.1 Å². The Morgan fingerprint density at radius 3 is 2.64 bits per heavy atom. The number of H-pyrrole nitrogens is 2. The fourth-order valence-electron chi connectivity index (χ4n) is 2.28. The predicted octanol–water partition coefficient (Wildman–Crippen LogP) is 1.73. The van der Waals surface area contributed by atoms with Crippen molar-refractivity contribution in [2.45, 2.75) is 6.92 Å². The fraction of sp³-hybridized carbons (Fsp3) is 0.133. The lowest BCUT2D eigenvalue weighted by atomic mass is 10.1. The number of nitrogens with zero attached hydrogens (tertiary/aromatic N) is 1. The molecule has 0 unspecified atom stereocenters. The maximum absolute atomic E-state index is 13.8. The van der Waals surface area contributed by atoms with Crippen molar-refractivity contribution in [3.05, 3.63) is 56.5 Å². The Balaban J connectivity index is 2.26. The molecule has 0 aliphatic carbocycles. The molecule has 0 spiro atoms. The Hall–Kier alpha value is -2.96. The van der Waals surface area contributed by atoms with Gasteiger partial charge in [0, 0.05) is 5.56 Å². The molecule has 0 fully saturated rings. The second kappa shape index (κ2) is 5.10. The number of pyridine rings is 1. The summed E-state index contributed by atoms with van der Waals surface area (Å²) in [6.45, 7) is 1.74. The number of hydrogen-bond acceptors (Lipinski definition) is 4. The van der Waals surface area contributed by atoms with E-state index in [-0.39, 0.29) is 11.3 Å². The van der Waals surface area contributed by atoms with Crippen molar-refractivity contribution in [1.29, 1.82) is 0 Å². The highest BCUT2D eigenvalue weighted by molar-refractivity contribution is 5.80. The molecule has 0 radical (unpaired) electrons. The first-order chi connectivity index (χ1) is 10.5. The highest BCUT2D eigenvalue weighted by atomic mass is 19.1. The summed E-state index contributed by atoms with van der Waals surface area (Å²) in [6.07, 6.45) is 0. The van der Waals surface area contributed by atoms with Gasteiger partial charge < -0.3 is 9.72 Å². The van der Waals surface area contributed by atoms with E-state index in [1.165, 1.54) is 19.2 Å². The number of methoxy groups -OCH3 is 1. The summed E-state index contributed by atoms with van der Waals surface area (Å²) in [5.41, 5.74) is 0.901. The van der Waals surface area contributed by atoms with Gasteiger partial charge in [-0.05, 0) is 36.8 Å². The zero-order chi connectivity index (χ0) is 15.9. The lowest BCUT2D eigenvalue weighted by Crippen LogP contribution is -2.23. The monoisotopic (exact) mass is 301 g/mol. The van der Waals surface area contributed by atoms with Crippen LogP contribution in [0.25, 0.3) is 22.3 Å². The highest BCUT2D eigenvalue weighted by Gasteiger charge is 2.11. The van der Waals surface area contributed by atoms with Gasteiger partial charge in [-0.25, -0.2) is 14.2 Å². The zero-order valence-electron chi connectivity index (χ0n) is 11.9. The van der Waals surface area contributed by atoms with Gasteiger partial charge in [-0.15, -0.1) is 0 Å². The van der Waals surface area contributed by atoms with Gasteiger partial charge in [-0.2, -0.15) is 0 Å². The molecular weight excluding hydrogens is 289 g/mol. The van der Waals surface area contributed by atoms with Gasteiger partial charge in [0.25, 0.3) is 5.56 Å². The number of hydrogen-bond donors (Lipinski definition) is 2. The van der Waals surface area contributed by atoms with E-state index < -0.39 is 17.1 Å². The van der Waals surface area contributed by atoms with Crippen LogP contribution in [0.5, 0.6) is 5.75 Å². The predicted molar refractivity (Wildman–Crippen MR) is 79.7 cm³/mol. The summed E-state index contributed by atoms with van der Waals surface area (Å²) in [7, 11) is 1.38. The molecule has 0 saturated heterocycles. The van der Waals surface area contributed by atoms with Gasteiger partial charge in [0.15, 0.2) is 17.1 Å². The average molecular weight is 301 g/mol. The smallest absolute Gasteiger partial charge is 0.326 e. The highest BCUT2D eigenvalue weighted by Crippen LogP contribution is 2.26. The van der Waals surface area contributed by atoms with E-state index in [1.807, 2.05) is 0 Å². The van der Waals surface area contributed by atoms with Crippen molar-refractivity contribution in [2.75, 3.05) is 7.11 Å². The first-order valence-corrected chi connectivity index (χ1v) is 6.47. The fourth-order valence-corrected chi connectivity index (χ4v) is 2.28. The van der Waals surface area contributed by atoms with Crippen molar-refractivity contribution in [2.24, 2.45) is 0 Å². The molecule has 0 atom stereocenters. The number of ether oxygens (including phenoxy) is 1. The average Bonchev–Trinajstić information content (AvgIpc) is 2.48. The van der Waals surface area contributed by atoms with Gasteiger partial charge >= 0.3 is 5.69 Å². The third-order valence-electron chi connectivity index (χ3n) is 3.34. The first kappa shape index (κ1) is 14.0. The van der Waals surface area contributed by atoms with Crippen molar-refractivity contribution < 1.29 is 9.13 Å². The summed E-state index contributed by atoms with van der Waals surface area (Å²) >= 11 is 0. The van der Waals surface area contributed by atoms with Crippen molar-refractivity contribution in [3.63, 3.8) is 0 Å². The van der Waals surface area contributed by atoms with Gasteiger partial charge in [0.05, 0.1) is 18.3 Å². The number of fused-ring (bicyclic) bond motifs is 1. The molecule has 3 rings (SSSR count). The van der Waals surface area contributed by atoms with Crippen LogP contribution in [0.15, 0.2) is 33.9 Å². The van der Waals surface area contributed by atoms with E-state index in [4.69, 9.17) is 4.74 Å². The number of aromatic amines is 2. The quantitative estimate of drug-likeness (QED) is 0.754. The summed E-state index contributed by atoms with van der Waals surface area (Å²) < 4.78 is 18.7. The maximum atomic E-state index is 13.8. The molecular formula is C15H12FN3O3. The number of aryl methyl sites for hydroxylation is 1. The Morgan fingerprint density at radius 2 is 1.95 bits per heavy atom. The van der Waals surface area contributed by atoms with Gasteiger partial charge in [0.2, 0.25) is 0 Å². The number of benzene rings is 1. The minimum Gasteiger partial charge on any atom is -0.494 e. The second-order valence-corrected chi connectivity index (χ2v) is 4.81. The summed E-state index contributed by atoms with van der Waals surface area (Å²) in [4.78, 5) is 32.1. The second-order valence-electron chi connectivity index (χ2n) is 4.81. The molecule has 22 heavy (non-hydrogen) atoms. The Bertz CT molecular complexity index is 991. The molecule has 0 aliphatic heterocycles. The maximum Gasteiger partial charge on any atom is 0.326 e. The topological polar surface area (TPSA) is 87.8 Å². The number of halogens is 1. The molecule has 2 N–H and O–H groups in total. The lowest BCUT2D eigenvalue weighted by molar-refractivity contribution is 0.386. The minimum atomic E-state index is -0.592. The van der Waals surface area contributed by atoms with Crippen LogP contribution in [0.3, 0.4) is 0 Å². The number of rotatable bonds is 2. The van der Waals surface area contributed by atoms with Crippen LogP contribution in [0.2, 0.25) is 0 Å². The van der Waals surface area contributed by atoms with E-state index in [0.717, 1.165) is 0 Å².